The number of carbonyl (C=O) groups excluding carboxylic acids is 1. The molecule has 2 aromatic carbocycles. The van der Waals surface area contributed by atoms with E-state index in [1.54, 1.807) is 24.3 Å². The molecule has 138 valence electrons. The van der Waals surface area contributed by atoms with Crippen molar-refractivity contribution in [1.29, 1.82) is 0 Å². The Morgan fingerprint density at radius 1 is 1.15 bits per heavy atom. The van der Waals surface area contributed by atoms with Gasteiger partial charge in [0.15, 0.2) is 5.76 Å². The summed E-state index contributed by atoms with van der Waals surface area (Å²) >= 11 is 0. The van der Waals surface area contributed by atoms with Crippen molar-refractivity contribution in [3.05, 3.63) is 72.2 Å². The summed E-state index contributed by atoms with van der Waals surface area (Å²) in [5.74, 6) is 0.605. The van der Waals surface area contributed by atoms with Crippen LogP contribution in [0.25, 0.3) is 11.3 Å². The number of hydrogen-bond donors (Lipinski definition) is 1. The Bertz CT molecular complexity index is 935. The minimum Gasteiger partial charge on any atom is -0.492 e. The summed E-state index contributed by atoms with van der Waals surface area (Å²) < 4.78 is 24.8. The second-order valence-corrected chi connectivity index (χ2v) is 6.56. The van der Waals surface area contributed by atoms with Gasteiger partial charge in [-0.05, 0) is 37.1 Å². The number of carbonyl (C=O) groups is 1. The predicted octanol–water partition coefficient (Wildman–Crippen LogP) is 3.71. The molecule has 1 aromatic heterocycles. The van der Waals surface area contributed by atoms with Crippen LogP contribution in [-0.4, -0.2) is 24.2 Å². The van der Waals surface area contributed by atoms with Crippen LogP contribution in [0.4, 0.5) is 4.39 Å². The van der Waals surface area contributed by atoms with E-state index in [4.69, 9.17) is 9.26 Å². The van der Waals surface area contributed by atoms with E-state index in [9.17, 15) is 9.18 Å². The molecule has 1 N–H and O–H groups in total. The lowest BCUT2D eigenvalue weighted by molar-refractivity contribution is -0.123. The van der Waals surface area contributed by atoms with Crippen molar-refractivity contribution < 1.29 is 18.4 Å². The zero-order chi connectivity index (χ0) is 18.7. The maximum absolute atomic E-state index is 13.9. The summed E-state index contributed by atoms with van der Waals surface area (Å²) in [6.45, 7) is 0.776. The number of benzene rings is 2. The lowest BCUT2D eigenvalue weighted by atomic mass is 10.0. The smallest absolute Gasteiger partial charge is 0.232 e. The number of hydrogen-bond acceptors (Lipinski definition) is 4. The highest BCUT2D eigenvalue weighted by atomic mass is 19.1. The van der Waals surface area contributed by atoms with Gasteiger partial charge in [0, 0.05) is 6.07 Å². The van der Waals surface area contributed by atoms with Crippen LogP contribution in [0.1, 0.15) is 18.5 Å². The zero-order valence-corrected chi connectivity index (χ0v) is 14.7. The van der Waals surface area contributed by atoms with E-state index >= 15 is 0 Å². The number of para-hydroxylation sites is 1. The summed E-state index contributed by atoms with van der Waals surface area (Å²) in [6, 6.07) is 17.4. The Balaban J connectivity index is 1.37. The standard InChI is InChI=1S/C21H19FN2O3/c22-17-9-5-4-8-16(17)18-14-19(24-27-18)21(10-11-21)20(25)23-12-13-26-15-6-2-1-3-7-15/h1-9,14H,10-13H2,(H,23,25). The van der Waals surface area contributed by atoms with Gasteiger partial charge in [0.1, 0.15) is 18.2 Å². The maximum atomic E-state index is 13.9. The van der Waals surface area contributed by atoms with Crippen LogP contribution < -0.4 is 10.1 Å². The van der Waals surface area contributed by atoms with Gasteiger partial charge in [-0.2, -0.15) is 0 Å². The third-order valence-corrected chi connectivity index (χ3v) is 4.72. The minimum absolute atomic E-state index is 0.104. The minimum atomic E-state index is -0.681. The van der Waals surface area contributed by atoms with E-state index in [1.165, 1.54) is 6.07 Å². The van der Waals surface area contributed by atoms with Crippen molar-refractivity contribution in [1.82, 2.24) is 10.5 Å². The van der Waals surface area contributed by atoms with Gasteiger partial charge < -0.3 is 14.6 Å². The van der Waals surface area contributed by atoms with Crippen molar-refractivity contribution in [3.63, 3.8) is 0 Å². The third-order valence-electron chi connectivity index (χ3n) is 4.72. The molecule has 0 aliphatic heterocycles. The molecule has 1 aliphatic rings. The van der Waals surface area contributed by atoms with E-state index in [-0.39, 0.29) is 11.7 Å². The Morgan fingerprint density at radius 3 is 2.63 bits per heavy atom. The Morgan fingerprint density at radius 2 is 1.89 bits per heavy atom. The van der Waals surface area contributed by atoms with E-state index < -0.39 is 5.41 Å². The number of halogens is 1. The molecular formula is C21H19FN2O3. The van der Waals surface area contributed by atoms with Gasteiger partial charge in [0.25, 0.3) is 0 Å². The van der Waals surface area contributed by atoms with E-state index in [0.717, 1.165) is 5.75 Å². The lowest BCUT2D eigenvalue weighted by Crippen LogP contribution is -2.37. The molecule has 0 radical (unpaired) electrons. The van der Waals surface area contributed by atoms with Gasteiger partial charge in [-0.3, -0.25) is 4.79 Å². The summed E-state index contributed by atoms with van der Waals surface area (Å²) in [5.41, 5.74) is 0.200. The number of nitrogens with one attached hydrogen (secondary N) is 1. The van der Waals surface area contributed by atoms with Gasteiger partial charge >= 0.3 is 0 Å². The maximum Gasteiger partial charge on any atom is 0.232 e. The molecule has 1 amide bonds. The number of aromatic nitrogens is 1. The molecule has 1 saturated carbocycles. The van der Waals surface area contributed by atoms with Gasteiger partial charge in [-0.1, -0.05) is 35.5 Å². The van der Waals surface area contributed by atoms with E-state index in [0.29, 0.717) is 43.0 Å². The second-order valence-electron chi connectivity index (χ2n) is 6.56. The zero-order valence-electron chi connectivity index (χ0n) is 14.7. The van der Waals surface area contributed by atoms with E-state index in [2.05, 4.69) is 10.5 Å². The van der Waals surface area contributed by atoms with Crippen LogP contribution >= 0.6 is 0 Å². The first kappa shape index (κ1) is 17.3. The molecule has 3 aromatic rings. The van der Waals surface area contributed by atoms with Crippen LogP contribution in [-0.2, 0) is 10.2 Å². The third kappa shape index (κ3) is 3.56. The largest absolute Gasteiger partial charge is 0.492 e. The molecule has 4 rings (SSSR count). The van der Waals surface area contributed by atoms with Crippen molar-refractivity contribution in [2.24, 2.45) is 0 Å². The van der Waals surface area contributed by atoms with Gasteiger partial charge in [-0.15, -0.1) is 0 Å². The summed E-state index contributed by atoms with van der Waals surface area (Å²) in [4.78, 5) is 12.6. The van der Waals surface area contributed by atoms with Crippen molar-refractivity contribution in [3.8, 4) is 17.1 Å². The fourth-order valence-electron chi connectivity index (χ4n) is 3.03. The molecule has 1 aliphatic carbocycles. The molecule has 0 bridgehead atoms. The topological polar surface area (TPSA) is 64.4 Å². The summed E-state index contributed by atoms with van der Waals surface area (Å²) in [5, 5.41) is 6.93. The van der Waals surface area contributed by atoms with Crippen LogP contribution in [0, 0.1) is 5.82 Å². The lowest BCUT2D eigenvalue weighted by Gasteiger charge is -2.13. The fraction of sp³-hybridized carbons (Fsp3) is 0.238. The number of amides is 1. The van der Waals surface area contributed by atoms with Crippen LogP contribution in [0.2, 0.25) is 0 Å². The molecule has 1 heterocycles. The van der Waals surface area contributed by atoms with E-state index in [1.807, 2.05) is 30.3 Å². The number of rotatable bonds is 7. The van der Waals surface area contributed by atoms with Gasteiger partial charge in [-0.25, -0.2) is 4.39 Å². The normalized spacial score (nSPS) is 14.6. The van der Waals surface area contributed by atoms with Crippen molar-refractivity contribution in [2.75, 3.05) is 13.2 Å². The van der Waals surface area contributed by atoms with Crippen LogP contribution in [0.3, 0.4) is 0 Å². The summed E-state index contributed by atoms with van der Waals surface area (Å²) in [7, 11) is 0. The van der Waals surface area contributed by atoms with Gasteiger partial charge in [0.05, 0.1) is 23.2 Å². The highest BCUT2D eigenvalue weighted by Gasteiger charge is 2.53. The Kier molecular flexibility index (Phi) is 4.62. The van der Waals surface area contributed by atoms with Gasteiger partial charge in [0.2, 0.25) is 5.91 Å². The highest BCUT2D eigenvalue weighted by Crippen LogP contribution is 2.48. The molecule has 5 nitrogen and oxygen atoms in total. The molecule has 0 atom stereocenters. The molecule has 0 spiro atoms. The first-order valence-corrected chi connectivity index (χ1v) is 8.87. The first-order chi connectivity index (χ1) is 13.2. The number of ether oxygens (including phenoxy) is 1. The average Bonchev–Trinajstić information content (AvgIpc) is 3.37. The molecule has 0 saturated heterocycles. The average molecular weight is 366 g/mol. The molecule has 27 heavy (non-hydrogen) atoms. The predicted molar refractivity (Wildman–Crippen MR) is 97.8 cm³/mol. The van der Waals surface area contributed by atoms with Crippen molar-refractivity contribution >= 4 is 5.91 Å². The van der Waals surface area contributed by atoms with Crippen molar-refractivity contribution in [2.45, 2.75) is 18.3 Å². The Labute approximate surface area is 156 Å². The molecular weight excluding hydrogens is 347 g/mol. The monoisotopic (exact) mass is 366 g/mol. The molecule has 1 fully saturated rings. The van der Waals surface area contributed by atoms with Crippen LogP contribution in [0.5, 0.6) is 5.75 Å². The SMILES string of the molecule is O=C(NCCOc1ccccc1)C1(c2cc(-c3ccccc3F)on2)CC1. The number of nitrogens with zero attached hydrogens (tertiary/aromatic N) is 1. The van der Waals surface area contributed by atoms with Crippen LogP contribution in [0.15, 0.2) is 65.2 Å². The fourth-order valence-corrected chi connectivity index (χ4v) is 3.03. The molecule has 6 heteroatoms. The molecule has 0 unspecified atom stereocenters. The Hall–Kier alpha value is -3.15. The highest BCUT2D eigenvalue weighted by molar-refractivity contribution is 5.91. The summed E-state index contributed by atoms with van der Waals surface area (Å²) in [6.07, 6.45) is 1.39. The quantitative estimate of drug-likeness (QED) is 0.648. The second kappa shape index (κ2) is 7.23. The first-order valence-electron chi connectivity index (χ1n) is 8.87.